The van der Waals surface area contributed by atoms with Gasteiger partial charge in [0.2, 0.25) is 5.91 Å². The van der Waals surface area contributed by atoms with Crippen LogP contribution in [0, 0.1) is 20.8 Å². The molecule has 16 heavy (non-hydrogen) atoms. The van der Waals surface area contributed by atoms with Gasteiger partial charge in [-0.2, -0.15) is 5.10 Å². The highest BCUT2D eigenvalue weighted by molar-refractivity contribution is 5.74. The molecule has 0 spiro atoms. The predicted octanol–water partition coefficient (Wildman–Crippen LogP) is 0.969. The Morgan fingerprint density at radius 3 is 2.56 bits per heavy atom. The molecule has 0 radical (unpaired) electrons. The Kier molecular flexibility index (Phi) is 4.49. The van der Waals surface area contributed by atoms with E-state index in [-0.39, 0.29) is 5.91 Å². The van der Waals surface area contributed by atoms with Crippen molar-refractivity contribution in [3.8, 4) is 0 Å². The number of unbranched alkanes of at least 4 members (excludes halogenated alkanes) is 1. The highest BCUT2D eigenvalue weighted by Gasteiger charge is 2.06. The van der Waals surface area contributed by atoms with Crippen LogP contribution in [0.2, 0.25) is 0 Å². The van der Waals surface area contributed by atoms with Crippen LogP contribution in [0.25, 0.3) is 0 Å². The number of hydrogen-bond donors (Lipinski definition) is 2. The number of amides is 1. The highest BCUT2D eigenvalue weighted by Crippen LogP contribution is 2.11. The third-order valence-corrected chi connectivity index (χ3v) is 2.93. The molecule has 0 aliphatic carbocycles. The molecule has 5 nitrogen and oxygen atoms in total. The van der Waals surface area contributed by atoms with Gasteiger partial charge in [0.05, 0.1) is 5.69 Å². The highest BCUT2D eigenvalue weighted by atomic mass is 16.2. The second kappa shape index (κ2) is 5.65. The second-order valence-electron chi connectivity index (χ2n) is 4.04. The number of nitrogens with zero attached hydrogens (tertiary/aromatic N) is 2. The van der Waals surface area contributed by atoms with Crippen molar-refractivity contribution in [3.63, 3.8) is 0 Å². The number of nitrogens with two attached hydrogens (primary N) is 1. The number of hydrogen-bond acceptors (Lipinski definition) is 3. The smallest absolute Gasteiger partial charge is 0.233 e. The molecule has 1 aromatic rings. The Bertz CT molecular complexity index is 370. The van der Waals surface area contributed by atoms with Gasteiger partial charge in [0.25, 0.3) is 0 Å². The number of hydrazine groups is 1. The fourth-order valence-corrected chi connectivity index (χ4v) is 1.62. The molecule has 0 aromatic carbocycles. The van der Waals surface area contributed by atoms with Gasteiger partial charge in [-0.15, -0.1) is 0 Å². The molecule has 90 valence electrons. The van der Waals surface area contributed by atoms with Crippen LogP contribution in [-0.2, 0) is 11.3 Å². The molecular weight excluding hydrogens is 204 g/mol. The predicted molar refractivity (Wildman–Crippen MR) is 62.6 cm³/mol. The minimum atomic E-state index is -0.107. The van der Waals surface area contributed by atoms with Crippen LogP contribution in [0.1, 0.15) is 36.2 Å². The summed E-state index contributed by atoms with van der Waals surface area (Å²) >= 11 is 0. The van der Waals surface area contributed by atoms with Gasteiger partial charge in [0.15, 0.2) is 0 Å². The van der Waals surface area contributed by atoms with Crippen LogP contribution in [0.5, 0.6) is 0 Å². The Hall–Kier alpha value is -1.36. The average Bonchev–Trinajstić information content (AvgIpc) is 2.52. The van der Waals surface area contributed by atoms with Crippen LogP contribution < -0.4 is 11.3 Å². The molecule has 0 bridgehead atoms. The van der Waals surface area contributed by atoms with Gasteiger partial charge < -0.3 is 0 Å². The molecule has 0 fully saturated rings. The Balaban J connectivity index is 2.38. The molecule has 0 atom stereocenters. The lowest BCUT2D eigenvalue weighted by molar-refractivity contribution is -0.121. The van der Waals surface area contributed by atoms with Crippen molar-refractivity contribution in [2.75, 3.05) is 0 Å². The summed E-state index contributed by atoms with van der Waals surface area (Å²) in [7, 11) is 0. The maximum Gasteiger partial charge on any atom is 0.233 e. The van der Waals surface area contributed by atoms with Crippen LogP contribution in [0.3, 0.4) is 0 Å². The van der Waals surface area contributed by atoms with Crippen molar-refractivity contribution < 1.29 is 4.79 Å². The van der Waals surface area contributed by atoms with Gasteiger partial charge in [-0.3, -0.25) is 14.9 Å². The van der Waals surface area contributed by atoms with Crippen molar-refractivity contribution in [1.29, 1.82) is 0 Å². The molecule has 3 N–H and O–H groups in total. The average molecular weight is 224 g/mol. The lowest BCUT2D eigenvalue weighted by atomic mass is 10.2. The second-order valence-corrected chi connectivity index (χ2v) is 4.04. The lowest BCUT2D eigenvalue weighted by Gasteiger charge is -2.04. The van der Waals surface area contributed by atoms with E-state index in [0.29, 0.717) is 6.42 Å². The van der Waals surface area contributed by atoms with Crippen LogP contribution in [0.4, 0.5) is 0 Å². The molecule has 0 saturated heterocycles. The van der Waals surface area contributed by atoms with E-state index < -0.39 is 0 Å². The van der Waals surface area contributed by atoms with E-state index in [1.807, 2.05) is 11.6 Å². The van der Waals surface area contributed by atoms with Crippen molar-refractivity contribution in [2.45, 2.75) is 46.6 Å². The first kappa shape index (κ1) is 12.7. The number of aromatic nitrogens is 2. The van der Waals surface area contributed by atoms with Crippen LogP contribution in [-0.4, -0.2) is 15.7 Å². The number of carbonyl (C=O) groups is 1. The Morgan fingerprint density at radius 1 is 1.38 bits per heavy atom. The van der Waals surface area contributed by atoms with Crippen LogP contribution >= 0.6 is 0 Å². The number of nitrogens with one attached hydrogen (secondary N) is 1. The fraction of sp³-hybridized carbons (Fsp3) is 0.636. The minimum Gasteiger partial charge on any atom is -0.294 e. The molecule has 0 saturated carbocycles. The van der Waals surface area contributed by atoms with Crippen molar-refractivity contribution in [1.82, 2.24) is 15.2 Å². The van der Waals surface area contributed by atoms with Gasteiger partial charge in [-0.1, -0.05) is 0 Å². The van der Waals surface area contributed by atoms with Crippen molar-refractivity contribution in [2.24, 2.45) is 5.84 Å². The zero-order valence-corrected chi connectivity index (χ0v) is 10.2. The quantitative estimate of drug-likeness (QED) is 0.339. The van der Waals surface area contributed by atoms with Crippen molar-refractivity contribution >= 4 is 5.91 Å². The number of carbonyl (C=O) groups excluding carboxylic acids is 1. The third-order valence-electron chi connectivity index (χ3n) is 2.93. The van der Waals surface area contributed by atoms with E-state index in [9.17, 15) is 4.79 Å². The van der Waals surface area contributed by atoms with E-state index in [2.05, 4.69) is 24.4 Å². The van der Waals surface area contributed by atoms with Crippen LogP contribution in [0.15, 0.2) is 0 Å². The molecule has 0 aliphatic rings. The minimum absolute atomic E-state index is 0.107. The topological polar surface area (TPSA) is 72.9 Å². The summed E-state index contributed by atoms with van der Waals surface area (Å²) in [6.45, 7) is 7.02. The molecular formula is C11H20N4O. The van der Waals surface area contributed by atoms with E-state index in [0.717, 1.165) is 25.1 Å². The maximum absolute atomic E-state index is 10.9. The summed E-state index contributed by atoms with van der Waals surface area (Å²) < 4.78 is 2.00. The first-order valence-electron chi connectivity index (χ1n) is 5.56. The zero-order chi connectivity index (χ0) is 12.1. The molecule has 1 amide bonds. The molecule has 1 rings (SSSR count). The first-order chi connectivity index (χ1) is 7.56. The third kappa shape index (κ3) is 3.06. The van der Waals surface area contributed by atoms with Gasteiger partial charge in [0, 0.05) is 18.7 Å². The van der Waals surface area contributed by atoms with Gasteiger partial charge in [-0.25, -0.2) is 5.84 Å². The Labute approximate surface area is 96.0 Å². The van der Waals surface area contributed by atoms with Gasteiger partial charge in [0.1, 0.15) is 0 Å². The standard InChI is InChI=1S/C11H20N4O/c1-8-9(2)14-15(10(8)3)7-5-4-6-11(16)13-12/h4-7,12H2,1-3H3,(H,13,16). The lowest BCUT2D eigenvalue weighted by Crippen LogP contribution is -2.29. The number of aryl methyl sites for hydroxylation is 2. The summed E-state index contributed by atoms with van der Waals surface area (Å²) in [5.74, 6) is 4.89. The molecule has 0 aliphatic heterocycles. The van der Waals surface area contributed by atoms with Gasteiger partial charge in [-0.05, 0) is 39.2 Å². The molecule has 5 heteroatoms. The maximum atomic E-state index is 10.9. The monoisotopic (exact) mass is 224 g/mol. The van der Waals surface area contributed by atoms with E-state index in [1.54, 1.807) is 0 Å². The van der Waals surface area contributed by atoms with Crippen molar-refractivity contribution in [3.05, 3.63) is 17.0 Å². The molecule has 1 aromatic heterocycles. The normalized spacial score (nSPS) is 10.5. The van der Waals surface area contributed by atoms with E-state index in [4.69, 9.17) is 5.84 Å². The first-order valence-corrected chi connectivity index (χ1v) is 5.56. The largest absolute Gasteiger partial charge is 0.294 e. The number of rotatable bonds is 5. The summed E-state index contributed by atoms with van der Waals surface area (Å²) in [6, 6.07) is 0. The van der Waals surface area contributed by atoms with Gasteiger partial charge >= 0.3 is 0 Å². The van der Waals surface area contributed by atoms with E-state index in [1.165, 1.54) is 11.3 Å². The Morgan fingerprint density at radius 2 is 2.06 bits per heavy atom. The fourth-order valence-electron chi connectivity index (χ4n) is 1.62. The summed E-state index contributed by atoms with van der Waals surface area (Å²) in [6.07, 6.45) is 2.25. The SMILES string of the molecule is Cc1nn(CCCCC(=O)NN)c(C)c1C. The summed E-state index contributed by atoms with van der Waals surface area (Å²) in [4.78, 5) is 10.9. The summed E-state index contributed by atoms with van der Waals surface area (Å²) in [5, 5.41) is 4.44. The molecule has 0 unspecified atom stereocenters. The summed E-state index contributed by atoms with van der Waals surface area (Å²) in [5.41, 5.74) is 5.67. The van der Waals surface area contributed by atoms with E-state index >= 15 is 0 Å². The molecule has 1 heterocycles. The zero-order valence-electron chi connectivity index (χ0n) is 10.2.